The van der Waals surface area contributed by atoms with Crippen molar-refractivity contribution in [3.8, 4) is 0 Å². The van der Waals surface area contributed by atoms with Crippen LogP contribution < -0.4 is 0 Å². The highest BCUT2D eigenvalue weighted by atomic mass is 32.2. The predicted molar refractivity (Wildman–Crippen MR) is 56.9 cm³/mol. The average Bonchev–Trinajstić information content (AvgIpc) is 2.47. The number of carbonyl (C=O) groups is 1. The zero-order valence-electron chi connectivity index (χ0n) is 9.12. The van der Waals surface area contributed by atoms with E-state index in [1.54, 1.807) is 0 Å². The summed E-state index contributed by atoms with van der Waals surface area (Å²) in [4.78, 5) is 11.0. The Morgan fingerprint density at radius 2 is 2.19 bits per heavy atom. The lowest BCUT2D eigenvalue weighted by Crippen LogP contribution is -2.40. The molecule has 0 aromatic carbocycles. The summed E-state index contributed by atoms with van der Waals surface area (Å²) in [6.07, 6.45) is 4.16. The topological polar surface area (TPSA) is 81.9 Å². The number of hydrogen-bond donors (Lipinski definition) is 0. The van der Waals surface area contributed by atoms with Crippen LogP contribution in [0.5, 0.6) is 0 Å². The normalized spacial score (nSPS) is 25.1. The van der Waals surface area contributed by atoms with Crippen LogP contribution in [0, 0.1) is 0 Å². The Hall–Kier alpha value is -1.24. The smallest absolute Gasteiger partial charge is 0.181 e. The van der Waals surface area contributed by atoms with Gasteiger partial charge >= 0.3 is 0 Å². The van der Waals surface area contributed by atoms with Crippen LogP contribution in [0.3, 0.4) is 0 Å². The molecule has 16 heavy (non-hydrogen) atoms. The third-order valence-corrected chi connectivity index (χ3v) is 4.59. The highest BCUT2D eigenvalue weighted by Crippen LogP contribution is 2.36. The first-order chi connectivity index (χ1) is 7.39. The fourth-order valence-corrected chi connectivity index (χ4v) is 3.25. The van der Waals surface area contributed by atoms with E-state index in [0.29, 0.717) is 6.42 Å². The standard InChI is InChI=1S/C9H13N3O3S/c1-6(13)7-5-12(11-10-7)8-3-4-9(8)16(2,14)15/h5,8-9H,3-4H2,1-2H3. The van der Waals surface area contributed by atoms with E-state index in [0.717, 1.165) is 6.42 Å². The van der Waals surface area contributed by atoms with Gasteiger partial charge in [0.1, 0.15) is 5.69 Å². The Morgan fingerprint density at radius 3 is 2.56 bits per heavy atom. The van der Waals surface area contributed by atoms with Gasteiger partial charge in [0.05, 0.1) is 17.5 Å². The Balaban J connectivity index is 2.22. The zero-order chi connectivity index (χ0) is 11.9. The molecule has 1 heterocycles. The molecule has 1 fully saturated rings. The van der Waals surface area contributed by atoms with Crippen molar-refractivity contribution < 1.29 is 13.2 Å². The SMILES string of the molecule is CC(=O)c1cn(C2CCC2S(C)(=O)=O)nn1. The molecule has 1 aliphatic rings. The third-order valence-electron chi connectivity index (χ3n) is 2.94. The summed E-state index contributed by atoms with van der Waals surface area (Å²) in [5.41, 5.74) is 0.277. The minimum absolute atomic E-state index is 0.165. The first-order valence-electron chi connectivity index (χ1n) is 5.01. The molecule has 0 N–H and O–H groups in total. The first-order valence-corrected chi connectivity index (χ1v) is 6.96. The summed E-state index contributed by atoms with van der Waals surface area (Å²) in [5.74, 6) is -0.165. The van der Waals surface area contributed by atoms with Crippen molar-refractivity contribution in [3.05, 3.63) is 11.9 Å². The summed E-state index contributed by atoms with van der Waals surface area (Å²) in [5, 5.41) is 7.11. The van der Waals surface area contributed by atoms with E-state index in [1.807, 2.05) is 0 Å². The van der Waals surface area contributed by atoms with Gasteiger partial charge in [0, 0.05) is 13.2 Å². The van der Waals surface area contributed by atoms with Crippen LogP contribution in [-0.2, 0) is 9.84 Å². The molecule has 2 unspecified atom stereocenters. The Morgan fingerprint density at radius 1 is 1.50 bits per heavy atom. The molecule has 0 saturated heterocycles. The van der Waals surface area contributed by atoms with Crippen LogP contribution in [0.1, 0.15) is 36.3 Å². The largest absolute Gasteiger partial charge is 0.293 e. The lowest BCUT2D eigenvalue weighted by molar-refractivity contribution is 0.101. The van der Waals surface area contributed by atoms with E-state index < -0.39 is 15.1 Å². The Bertz CT molecular complexity index is 520. The van der Waals surface area contributed by atoms with E-state index in [-0.39, 0.29) is 17.5 Å². The molecule has 1 aromatic heterocycles. The number of Topliss-reactive ketones (excluding diaryl/α,β-unsaturated/α-hetero) is 1. The molecule has 1 aromatic rings. The van der Waals surface area contributed by atoms with Gasteiger partial charge in [-0.15, -0.1) is 5.10 Å². The minimum atomic E-state index is -3.05. The molecule has 0 amide bonds. The molecule has 0 radical (unpaired) electrons. The number of nitrogens with zero attached hydrogens (tertiary/aromatic N) is 3. The summed E-state index contributed by atoms with van der Waals surface area (Å²) in [6, 6.07) is -0.171. The van der Waals surface area contributed by atoms with Gasteiger partial charge < -0.3 is 0 Å². The Labute approximate surface area is 93.6 Å². The minimum Gasteiger partial charge on any atom is -0.293 e. The molecule has 2 rings (SSSR count). The van der Waals surface area contributed by atoms with Gasteiger partial charge in [-0.3, -0.25) is 4.79 Å². The van der Waals surface area contributed by atoms with Gasteiger partial charge in [0.15, 0.2) is 15.6 Å². The number of sulfone groups is 1. The van der Waals surface area contributed by atoms with Gasteiger partial charge in [-0.25, -0.2) is 13.1 Å². The first kappa shape index (κ1) is 11.3. The van der Waals surface area contributed by atoms with Crippen molar-refractivity contribution in [2.24, 2.45) is 0 Å². The summed E-state index contributed by atoms with van der Waals surface area (Å²) < 4.78 is 24.3. The van der Waals surface area contributed by atoms with Crippen LogP contribution in [0.2, 0.25) is 0 Å². The second-order valence-electron chi connectivity index (χ2n) is 4.15. The van der Waals surface area contributed by atoms with Crippen LogP contribution in [0.25, 0.3) is 0 Å². The summed E-state index contributed by atoms with van der Waals surface area (Å²) in [6.45, 7) is 1.41. The van der Waals surface area contributed by atoms with Crippen molar-refractivity contribution in [1.82, 2.24) is 15.0 Å². The second kappa shape index (κ2) is 3.65. The van der Waals surface area contributed by atoms with Gasteiger partial charge in [-0.05, 0) is 12.8 Å². The van der Waals surface area contributed by atoms with Crippen LogP contribution >= 0.6 is 0 Å². The van der Waals surface area contributed by atoms with Crippen molar-refractivity contribution >= 4 is 15.6 Å². The molecular weight excluding hydrogens is 230 g/mol. The number of rotatable bonds is 3. The third kappa shape index (κ3) is 1.87. The van der Waals surface area contributed by atoms with E-state index in [9.17, 15) is 13.2 Å². The predicted octanol–water partition coefficient (Wildman–Crippen LogP) is 0.229. The molecule has 6 nitrogen and oxygen atoms in total. The van der Waals surface area contributed by atoms with Crippen molar-refractivity contribution in [2.75, 3.05) is 6.26 Å². The second-order valence-corrected chi connectivity index (χ2v) is 6.42. The lowest BCUT2D eigenvalue weighted by atomic mass is 9.92. The van der Waals surface area contributed by atoms with E-state index in [4.69, 9.17) is 0 Å². The average molecular weight is 243 g/mol. The van der Waals surface area contributed by atoms with Crippen LogP contribution in [0.15, 0.2) is 6.20 Å². The number of ketones is 1. The van der Waals surface area contributed by atoms with E-state index in [1.165, 1.54) is 24.1 Å². The molecule has 1 saturated carbocycles. The lowest BCUT2D eigenvalue weighted by Gasteiger charge is -2.34. The van der Waals surface area contributed by atoms with Gasteiger partial charge in [0.25, 0.3) is 0 Å². The highest BCUT2D eigenvalue weighted by Gasteiger charge is 2.40. The highest BCUT2D eigenvalue weighted by molar-refractivity contribution is 7.91. The fourth-order valence-electron chi connectivity index (χ4n) is 1.85. The molecule has 1 aliphatic carbocycles. The Kier molecular flexibility index (Phi) is 2.57. The van der Waals surface area contributed by atoms with Crippen LogP contribution in [-0.4, -0.2) is 40.7 Å². The molecule has 0 aliphatic heterocycles. The monoisotopic (exact) mass is 243 g/mol. The van der Waals surface area contributed by atoms with Crippen molar-refractivity contribution in [2.45, 2.75) is 31.1 Å². The quantitative estimate of drug-likeness (QED) is 0.710. The van der Waals surface area contributed by atoms with Gasteiger partial charge in [0.2, 0.25) is 0 Å². The maximum absolute atomic E-state index is 11.4. The summed E-state index contributed by atoms with van der Waals surface area (Å²) >= 11 is 0. The molecule has 0 bridgehead atoms. The van der Waals surface area contributed by atoms with Gasteiger partial charge in [-0.1, -0.05) is 5.21 Å². The molecule has 2 atom stereocenters. The van der Waals surface area contributed by atoms with Crippen molar-refractivity contribution in [1.29, 1.82) is 0 Å². The summed E-state index contributed by atoms with van der Waals surface area (Å²) in [7, 11) is -3.05. The maximum Gasteiger partial charge on any atom is 0.181 e. The van der Waals surface area contributed by atoms with Crippen LogP contribution in [0.4, 0.5) is 0 Å². The van der Waals surface area contributed by atoms with Gasteiger partial charge in [-0.2, -0.15) is 0 Å². The maximum atomic E-state index is 11.4. The molecule has 88 valence electrons. The van der Waals surface area contributed by atoms with E-state index >= 15 is 0 Å². The molecule has 0 spiro atoms. The number of carbonyl (C=O) groups excluding carboxylic acids is 1. The fraction of sp³-hybridized carbons (Fsp3) is 0.667. The number of hydrogen-bond acceptors (Lipinski definition) is 5. The molecular formula is C9H13N3O3S. The van der Waals surface area contributed by atoms with Crippen molar-refractivity contribution in [3.63, 3.8) is 0 Å². The van der Waals surface area contributed by atoms with E-state index in [2.05, 4.69) is 10.3 Å². The molecule has 7 heteroatoms. The zero-order valence-corrected chi connectivity index (χ0v) is 9.94. The number of aromatic nitrogens is 3.